The second kappa shape index (κ2) is 9.35. The van der Waals surface area contributed by atoms with Crippen LogP contribution in [0, 0.1) is 0 Å². The molecule has 0 fully saturated rings. The number of ketones is 1. The van der Waals surface area contributed by atoms with Crippen LogP contribution in [-0.4, -0.2) is 22.7 Å². The molecule has 0 radical (unpaired) electrons. The van der Waals surface area contributed by atoms with Gasteiger partial charge in [-0.05, 0) is 42.0 Å². The minimum Gasteiger partial charge on any atom is -0.496 e. The van der Waals surface area contributed by atoms with E-state index in [1.807, 2.05) is 12.1 Å². The summed E-state index contributed by atoms with van der Waals surface area (Å²) in [6, 6.07) is 10.5. The number of halogens is 3. The van der Waals surface area contributed by atoms with Gasteiger partial charge in [-0.3, -0.25) is 9.48 Å². The molecule has 29 heavy (non-hydrogen) atoms. The number of aryl methyl sites for hydroxylation is 1. The molecule has 3 aromatic rings. The maximum atomic E-state index is 12.3. The number of carbonyl (C=O) groups excluding carboxylic acids is 1. The van der Waals surface area contributed by atoms with Crippen molar-refractivity contribution in [2.75, 3.05) is 7.11 Å². The van der Waals surface area contributed by atoms with Gasteiger partial charge in [-0.15, -0.1) is 0 Å². The van der Waals surface area contributed by atoms with Crippen molar-refractivity contribution < 1.29 is 14.3 Å². The summed E-state index contributed by atoms with van der Waals surface area (Å²) < 4.78 is 12.7. The smallest absolute Gasteiger partial charge is 0.207 e. The molecular weight excluding hydrogens is 435 g/mol. The Morgan fingerprint density at radius 2 is 1.86 bits per heavy atom. The Labute approximate surface area is 183 Å². The average Bonchev–Trinajstić information content (AvgIpc) is 3.03. The van der Waals surface area contributed by atoms with Crippen LogP contribution in [0.4, 0.5) is 0 Å². The summed E-state index contributed by atoms with van der Waals surface area (Å²) in [7, 11) is 3.28. The first-order valence-corrected chi connectivity index (χ1v) is 9.67. The van der Waals surface area contributed by atoms with Crippen LogP contribution in [0.25, 0.3) is 6.08 Å². The molecule has 0 bridgehead atoms. The number of hydrogen-bond donors (Lipinski definition) is 0. The largest absolute Gasteiger partial charge is 0.496 e. The summed E-state index contributed by atoms with van der Waals surface area (Å²) in [6.07, 6.45) is 4.69. The third kappa shape index (κ3) is 5.32. The highest BCUT2D eigenvalue weighted by molar-refractivity contribution is 6.35. The fourth-order valence-electron chi connectivity index (χ4n) is 2.64. The number of allylic oxidation sites excluding steroid dienone is 1. The van der Waals surface area contributed by atoms with Crippen LogP contribution in [0.3, 0.4) is 0 Å². The minimum atomic E-state index is -0.280. The van der Waals surface area contributed by atoms with Crippen LogP contribution in [0.15, 0.2) is 48.7 Å². The van der Waals surface area contributed by atoms with Gasteiger partial charge >= 0.3 is 0 Å². The summed E-state index contributed by atoms with van der Waals surface area (Å²) in [5, 5.41) is 5.33. The lowest BCUT2D eigenvalue weighted by molar-refractivity contribution is 0.104. The number of aromatic nitrogens is 2. The molecule has 0 aliphatic carbocycles. The van der Waals surface area contributed by atoms with Crippen molar-refractivity contribution in [1.29, 1.82) is 0 Å². The molecular formula is C21H17Cl3N2O3. The van der Waals surface area contributed by atoms with Gasteiger partial charge in [-0.25, -0.2) is 0 Å². The van der Waals surface area contributed by atoms with Crippen LogP contribution < -0.4 is 9.47 Å². The maximum Gasteiger partial charge on any atom is 0.207 e. The minimum absolute atomic E-state index is 0.208. The van der Waals surface area contributed by atoms with E-state index in [0.717, 1.165) is 11.1 Å². The molecule has 0 aliphatic rings. The Morgan fingerprint density at radius 1 is 1.10 bits per heavy atom. The van der Waals surface area contributed by atoms with E-state index in [4.69, 9.17) is 44.3 Å². The van der Waals surface area contributed by atoms with Crippen molar-refractivity contribution in [2.45, 2.75) is 6.61 Å². The first-order valence-electron chi connectivity index (χ1n) is 8.53. The molecule has 0 N–H and O–H groups in total. The number of methoxy groups -OCH3 is 1. The van der Waals surface area contributed by atoms with E-state index in [-0.39, 0.29) is 18.1 Å². The van der Waals surface area contributed by atoms with E-state index in [2.05, 4.69) is 5.10 Å². The van der Waals surface area contributed by atoms with Crippen LogP contribution in [0.5, 0.6) is 11.5 Å². The molecule has 150 valence electrons. The number of benzene rings is 2. The van der Waals surface area contributed by atoms with Gasteiger partial charge in [0.1, 0.15) is 18.1 Å². The Morgan fingerprint density at radius 3 is 2.52 bits per heavy atom. The standard InChI is InChI=1S/C21H17Cl3N2O3/c1-26-11-17(24)21(25-26)18(27)6-3-13-4-7-19(28-2)14(9-13)12-29-20-8-5-15(22)10-16(20)23/h3-11H,12H2,1-2H3/b6-3+. The summed E-state index contributed by atoms with van der Waals surface area (Å²) >= 11 is 18.1. The Hall–Kier alpha value is -2.47. The molecule has 2 aromatic carbocycles. The second-order valence-corrected chi connectivity index (χ2v) is 7.38. The van der Waals surface area contributed by atoms with Gasteiger partial charge in [0.25, 0.3) is 0 Å². The summed E-state index contributed by atoms with van der Waals surface area (Å²) in [4.78, 5) is 12.3. The Kier molecular flexibility index (Phi) is 6.85. The van der Waals surface area contributed by atoms with Crippen LogP contribution in [0.2, 0.25) is 15.1 Å². The zero-order valence-corrected chi connectivity index (χ0v) is 17.9. The van der Waals surface area contributed by atoms with E-state index >= 15 is 0 Å². The highest BCUT2D eigenvalue weighted by Crippen LogP contribution is 2.29. The zero-order valence-electron chi connectivity index (χ0n) is 15.7. The highest BCUT2D eigenvalue weighted by atomic mass is 35.5. The van der Waals surface area contributed by atoms with E-state index in [0.29, 0.717) is 26.6 Å². The second-order valence-electron chi connectivity index (χ2n) is 6.13. The molecule has 0 saturated heterocycles. The van der Waals surface area contributed by atoms with Gasteiger partial charge in [0.2, 0.25) is 5.78 Å². The molecule has 1 heterocycles. The van der Waals surface area contributed by atoms with Gasteiger partial charge in [0, 0.05) is 23.8 Å². The normalized spacial score (nSPS) is 11.1. The van der Waals surface area contributed by atoms with Gasteiger partial charge < -0.3 is 9.47 Å². The molecule has 5 nitrogen and oxygen atoms in total. The average molecular weight is 452 g/mol. The number of ether oxygens (including phenoxy) is 2. The monoisotopic (exact) mass is 450 g/mol. The molecule has 0 aliphatic heterocycles. The van der Waals surface area contributed by atoms with Gasteiger partial charge in [0.05, 0.1) is 17.2 Å². The molecule has 0 atom stereocenters. The van der Waals surface area contributed by atoms with Crippen molar-refractivity contribution in [3.05, 3.63) is 80.6 Å². The lowest BCUT2D eigenvalue weighted by Gasteiger charge is -2.12. The first-order chi connectivity index (χ1) is 13.9. The predicted octanol–water partition coefficient (Wildman–Crippen LogP) is 5.86. The summed E-state index contributed by atoms with van der Waals surface area (Å²) in [5.41, 5.74) is 1.80. The van der Waals surface area contributed by atoms with Crippen molar-refractivity contribution in [2.24, 2.45) is 7.05 Å². The van der Waals surface area contributed by atoms with Gasteiger partial charge in [-0.1, -0.05) is 46.9 Å². The Bertz CT molecular complexity index is 1080. The molecule has 8 heteroatoms. The molecule has 0 unspecified atom stereocenters. The molecule has 0 saturated carbocycles. The first kappa shape index (κ1) is 21.2. The van der Waals surface area contributed by atoms with E-state index < -0.39 is 0 Å². The third-order valence-electron chi connectivity index (χ3n) is 4.03. The van der Waals surface area contributed by atoms with Crippen LogP contribution in [-0.2, 0) is 13.7 Å². The third-order valence-corrected chi connectivity index (χ3v) is 4.83. The lowest BCUT2D eigenvalue weighted by atomic mass is 10.1. The Balaban J connectivity index is 1.77. The molecule has 0 amide bonds. The zero-order chi connectivity index (χ0) is 21.0. The molecule has 1 aromatic heterocycles. The topological polar surface area (TPSA) is 53.3 Å². The fraction of sp³-hybridized carbons (Fsp3) is 0.143. The lowest BCUT2D eigenvalue weighted by Crippen LogP contribution is -2.00. The maximum absolute atomic E-state index is 12.3. The van der Waals surface area contributed by atoms with Crippen molar-refractivity contribution >= 4 is 46.7 Å². The van der Waals surface area contributed by atoms with Gasteiger partial charge in [-0.2, -0.15) is 5.10 Å². The number of hydrogen-bond acceptors (Lipinski definition) is 4. The van der Waals surface area contributed by atoms with E-state index in [1.165, 1.54) is 10.8 Å². The van der Waals surface area contributed by atoms with Crippen molar-refractivity contribution in [1.82, 2.24) is 9.78 Å². The molecule has 3 rings (SSSR count). The van der Waals surface area contributed by atoms with E-state index in [1.54, 1.807) is 50.7 Å². The predicted molar refractivity (Wildman–Crippen MR) is 115 cm³/mol. The van der Waals surface area contributed by atoms with Crippen molar-refractivity contribution in [3.63, 3.8) is 0 Å². The van der Waals surface area contributed by atoms with Crippen molar-refractivity contribution in [3.8, 4) is 11.5 Å². The quantitative estimate of drug-likeness (QED) is 0.333. The summed E-state index contributed by atoms with van der Waals surface area (Å²) in [6.45, 7) is 0.228. The van der Waals surface area contributed by atoms with E-state index in [9.17, 15) is 4.79 Å². The number of rotatable bonds is 7. The highest BCUT2D eigenvalue weighted by Gasteiger charge is 2.12. The number of carbonyl (C=O) groups is 1. The fourth-order valence-corrected chi connectivity index (χ4v) is 3.38. The SMILES string of the molecule is COc1ccc(/C=C/C(=O)c2nn(C)cc2Cl)cc1COc1ccc(Cl)cc1Cl. The molecule has 0 spiro atoms. The van der Waals surface area contributed by atoms with Gasteiger partial charge in [0.15, 0.2) is 5.69 Å². The van der Waals surface area contributed by atoms with Crippen LogP contribution >= 0.6 is 34.8 Å². The number of nitrogens with zero attached hydrogens (tertiary/aromatic N) is 2. The van der Waals surface area contributed by atoms with Crippen LogP contribution in [0.1, 0.15) is 21.6 Å². The summed E-state index contributed by atoms with van der Waals surface area (Å²) in [5.74, 6) is 0.891.